The van der Waals surface area contributed by atoms with Crippen molar-refractivity contribution in [3.8, 4) is 0 Å². The number of likely N-dealkylation sites (tertiary alicyclic amines) is 1. The molecule has 10 nitrogen and oxygen atoms in total. The first-order valence-corrected chi connectivity index (χ1v) is 10.6. The Morgan fingerprint density at radius 1 is 1.12 bits per heavy atom. The molecule has 1 aliphatic heterocycles. The molecule has 0 aromatic heterocycles. The summed E-state index contributed by atoms with van der Waals surface area (Å²) >= 11 is 0. The van der Waals surface area contributed by atoms with Crippen molar-refractivity contribution in [2.24, 2.45) is 0 Å². The van der Waals surface area contributed by atoms with E-state index in [2.05, 4.69) is 16.0 Å². The van der Waals surface area contributed by atoms with Gasteiger partial charge in [0.2, 0.25) is 11.8 Å². The number of nitrogens with zero attached hydrogens (tertiary/aromatic N) is 1. The summed E-state index contributed by atoms with van der Waals surface area (Å²) in [6.45, 7) is 7.06. The van der Waals surface area contributed by atoms with Crippen LogP contribution in [0.5, 0.6) is 0 Å². The van der Waals surface area contributed by atoms with Crippen molar-refractivity contribution < 1.29 is 29.0 Å². The number of benzene rings is 1. The maximum atomic E-state index is 12.9. The minimum atomic E-state index is -1.26. The van der Waals surface area contributed by atoms with Crippen molar-refractivity contribution in [3.63, 3.8) is 0 Å². The Morgan fingerprint density at radius 2 is 1.78 bits per heavy atom. The van der Waals surface area contributed by atoms with E-state index >= 15 is 0 Å². The largest absolute Gasteiger partial charge is 0.465 e. The second-order valence-corrected chi connectivity index (χ2v) is 8.76. The third kappa shape index (κ3) is 7.75. The average Bonchev–Trinajstić information content (AvgIpc) is 3.15. The summed E-state index contributed by atoms with van der Waals surface area (Å²) in [6, 6.07) is 7.53. The van der Waals surface area contributed by atoms with Gasteiger partial charge < -0.3 is 30.7 Å². The number of ether oxygens (including phenoxy) is 1. The third-order valence-electron chi connectivity index (χ3n) is 4.84. The smallest absolute Gasteiger partial charge is 0.408 e. The van der Waals surface area contributed by atoms with E-state index in [1.807, 2.05) is 30.3 Å². The first-order valence-electron chi connectivity index (χ1n) is 10.6. The molecule has 0 bridgehead atoms. The van der Waals surface area contributed by atoms with Gasteiger partial charge in [-0.1, -0.05) is 30.3 Å². The van der Waals surface area contributed by atoms with Crippen LogP contribution in [0.25, 0.3) is 0 Å². The number of amides is 4. The molecule has 1 aromatic rings. The molecule has 176 valence electrons. The number of carboxylic acid groups (broad SMARTS) is 1. The van der Waals surface area contributed by atoms with Crippen molar-refractivity contribution in [2.45, 2.75) is 70.8 Å². The van der Waals surface area contributed by atoms with Gasteiger partial charge in [0.25, 0.3) is 0 Å². The van der Waals surface area contributed by atoms with E-state index in [1.54, 1.807) is 20.8 Å². The average molecular weight is 449 g/mol. The highest BCUT2D eigenvalue weighted by Gasteiger charge is 2.37. The quantitative estimate of drug-likeness (QED) is 0.470. The molecule has 3 atom stereocenters. The number of nitrogens with one attached hydrogen (secondary N) is 3. The van der Waals surface area contributed by atoms with E-state index in [0.717, 1.165) is 5.56 Å². The van der Waals surface area contributed by atoms with Gasteiger partial charge in [-0.2, -0.15) is 0 Å². The van der Waals surface area contributed by atoms with Gasteiger partial charge in [-0.3, -0.25) is 9.59 Å². The topological polar surface area (TPSA) is 137 Å². The monoisotopic (exact) mass is 448 g/mol. The first-order chi connectivity index (χ1) is 15.0. The molecule has 4 N–H and O–H groups in total. The SMILES string of the molecule is C[C@H](NC(=O)OC(C)(C)C)C(=O)N1CCC[C@H]1C(=O)N[C@@H](Cc1ccccc1)NC(=O)O. The number of hydrogen-bond acceptors (Lipinski definition) is 5. The molecule has 1 aromatic carbocycles. The number of carbonyl (C=O) groups is 4. The second-order valence-electron chi connectivity index (χ2n) is 8.76. The van der Waals surface area contributed by atoms with Crippen LogP contribution in [-0.2, 0) is 20.7 Å². The van der Waals surface area contributed by atoms with Crippen LogP contribution in [0.4, 0.5) is 9.59 Å². The fourth-order valence-corrected chi connectivity index (χ4v) is 3.50. The highest BCUT2D eigenvalue weighted by Crippen LogP contribution is 2.19. The van der Waals surface area contributed by atoms with Crippen molar-refractivity contribution >= 4 is 24.0 Å². The zero-order valence-electron chi connectivity index (χ0n) is 18.9. The van der Waals surface area contributed by atoms with Gasteiger partial charge in [0.05, 0.1) is 0 Å². The van der Waals surface area contributed by atoms with E-state index < -0.39 is 47.9 Å². The van der Waals surface area contributed by atoms with E-state index in [0.29, 0.717) is 19.4 Å². The number of carbonyl (C=O) groups excluding carboxylic acids is 3. The van der Waals surface area contributed by atoms with Gasteiger partial charge in [-0.05, 0) is 46.1 Å². The Morgan fingerprint density at radius 3 is 2.38 bits per heavy atom. The summed E-state index contributed by atoms with van der Waals surface area (Å²) in [6.07, 6.45) is -1.50. The zero-order chi connectivity index (χ0) is 23.9. The van der Waals surface area contributed by atoms with E-state index in [1.165, 1.54) is 11.8 Å². The van der Waals surface area contributed by atoms with Crippen LogP contribution in [-0.4, -0.2) is 64.4 Å². The van der Waals surface area contributed by atoms with E-state index in [9.17, 15) is 19.2 Å². The Kier molecular flexibility index (Phi) is 8.45. The summed E-state index contributed by atoms with van der Waals surface area (Å²) in [5.41, 5.74) is 0.148. The summed E-state index contributed by atoms with van der Waals surface area (Å²) in [7, 11) is 0. The number of hydrogen-bond donors (Lipinski definition) is 4. The molecule has 4 amide bonds. The lowest BCUT2D eigenvalue weighted by Gasteiger charge is -2.29. The van der Waals surface area contributed by atoms with Gasteiger partial charge >= 0.3 is 12.2 Å². The highest BCUT2D eigenvalue weighted by molar-refractivity contribution is 5.91. The van der Waals surface area contributed by atoms with E-state index in [4.69, 9.17) is 9.84 Å². The van der Waals surface area contributed by atoms with Crippen molar-refractivity contribution in [1.29, 1.82) is 0 Å². The van der Waals surface area contributed by atoms with Crippen LogP contribution in [0.2, 0.25) is 0 Å². The lowest BCUT2D eigenvalue weighted by Crippen LogP contribution is -2.56. The molecule has 1 fully saturated rings. The predicted octanol–water partition coefficient (Wildman–Crippen LogP) is 1.84. The highest BCUT2D eigenvalue weighted by atomic mass is 16.6. The molecule has 1 heterocycles. The lowest BCUT2D eigenvalue weighted by molar-refractivity contribution is -0.140. The lowest BCUT2D eigenvalue weighted by atomic mass is 10.1. The van der Waals surface area contributed by atoms with Crippen molar-refractivity contribution in [1.82, 2.24) is 20.9 Å². The molecule has 2 rings (SSSR count). The molecule has 0 spiro atoms. The Balaban J connectivity index is 2.01. The summed E-state index contributed by atoms with van der Waals surface area (Å²) < 4.78 is 5.18. The maximum Gasteiger partial charge on any atom is 0.408 e. The number of rotatable bonds is 7. The minimum absolute atomic E-state index is 0.260. The minimum Gasteiger partial charge on any atom is -0.465 e. The Labute approximate surface area is 187 Å². The predicted molar refractivity (Wildman–Crippen MR) is 117 cm³/mol. The molecule has 10 heteroatoms. The summed E-state index contributed by atoms with van der Waals surface area (Å²) in [5.74, 6) is -0.852. The van der Waals surface area contributed by atoms with Gasteiger partial charge in [0, 0.05) is 13.0 Å². The van der Waals surface area contributed by atoms with Gasteiger partial charge in [0.1, 0.15) is 23.9 Å². The maximum absolute atomic E-state index is 12.9. The molecule has 0 aliphatic carbocycles. The van der Waals surface area contributed by atoms with Gasteiger partial charge in [-0.15, -0.1) is 0 Å². The number of alkyl carbamates (subject to hydrolysis) is 1. The van der Waals surface area contributed by atoms with Crippen LogP contribution in [0.1, 0.15) is 46.1 Å². The molecule has 1 aliphatic rings. The molecular formula is C22H32N4O6. The van der Waals surface area contributed by atoms with Crippen LogP contribution in [0.15, 0.2) is 30.3 Å². The molecule has 0 saturated carbocycles. The summed E-state index contributed by atoms with van der Waals surface area (Å²) in [5, 5.41) is 16.6. The Hall–Kier alpha value is -3.30. The fraction of sp³-hybridized carbons (Fsp3) is 0.545. The normalized spacial score (nSPS) is 17.8. The second kappa shape index (κ2) is 10.8. The molecule has 0 radical (unpaired) electrons. The van der Waals surface area contributed by atoms with Crippen molar-refractivity contribution in [3.05, 3.63) is 35.9 Å². The van der Waals surface area contributed by atoms with Crippen LogP contribution >= 0.6 is 0 Å². The third-order valence-corrected chi connectivity index (χ3v) is 4.84. The first kappa shape index (κ1) is 25.0. The molecular weight excluding hydrogens is 416 g/mol. The summed E-state index contributed by atoms with van der Waals surface area (Å²) in [4.78, 5) is 50.4. The Bertz CT molecular complexity index is 823. The van der Waals surface area contributed by atoms with E-state index in [-0.39, 0.29) is 6.42 Å². The van der Waals surface area contributed by atoms with Crippen molar-refractivity contribution in [2.75, 3.05) is 6.54 Å². The molecule has 1 saturated heterocycles. The van der Waals surface area contributed by atoms with Crippen LogP contribution in [0, 0.1) is 0 Å². The van der Waals surface area contributed by atoms with Gasteiger partial charge in [0.15, 0.2) is 0 Å². The van der Waals surface area contributed by atoms with Crippen LogP contribution in [0.3, 0.4) is 0 Å². The van der Waals surface area contributed by atoms with Gasteiger partial charge in [-0.25, -0.2) is 9.59 Å². The van der Waals surface area contributed by atoms with Crippen LogP contribution < -0.4 is 16.0 Å². The standard InChI is InChI=1S/C22H32N4O6/c1-14(23-21(31)32-22(2,3)4)19(28)26-12-8-11-16(26)18(27)24-17(25-20(29)30)13-15-9-6-5-7-10-15/h5-7,9-10,14,16-17,25H,8,11-13H2,1-4H3,(H,23,31)(H,24,27)(H,29,30)/t14-,16-,17+/m0/s1. The molecule has 32 heavy (non-hydrogen) atoms. The zero-order valence-corrected chi connectivity index (χ0v) is 18.9. The molecule has 0 unspecified atom stereocenters. The fourth-order valence-electron chi connectivity index (χ4n) is 3.50.